The highest BCUT2D eigenvalue weighted by molar-refractivity contribution is 5.18. The Bertz CT molecular complexity index is 312. The van der Waals surface area contributed by atoms with Gasteiger partial charge in [-0.05, 0) is 0 Å². The Hall–Kier alpha value is -0.860. The van der Waals surface area contributed by atoms with E-state index in [4.69, 9.17) is 0 Å². The van der Waals surface area contributed by atoms with E-state index in [1.54, 1.807) is 0 Å². The summed E-state index contributed by atoms with van der Waals surface area (Å²) in [4.78, 5) is 1.51. The van der Waals surface area contributed by atoms with Crippen LogP contribution in [0.4, 0.5) is 0 Å². The van der Waals surface area contributed by atoms with E-state index in [1.165, 1.54) is 10.5 Å². The van der Waals surface area contributed by atoms with Crippen LogP contribution in [0, 0.1) is 5.92 Å². The molecule has 82 valence electrons. The Kier molecular flexibility index (Phi) is 3.08. The minimum atomic E-state index is -0.140. The summed E-state index contributed by atoms with van der Waals surface area (Å²) in [6.45, 7) is 3.22. The van der Waals surface area contributed by atoms with Crippen molar-refractivity contribution < 1.29 is 10.0 Å². The van der Waals surface area contributed by atoms with E-state index in [9.17, 15) is 5.11 Å². The second-order valence-electron chi connectivity index (χ2n) is 4.70. The first-order chi connectivity index (χ1) is 7.20. The molecule has 0 saturated carbocycles. The summed E-state index contributed by atoms with van der Waals surface area (Å²) >= 11 is 0. The van der Waals surface area contributed by atoms with Crippen LogP contribution in [0.15, 0.2) is 30.3 Å². The van der Waals surface area contributed by atoms with Crippen LogP contribution in [0.25, 0.3) is 0 Å². The fourth-order valence-electron chi connectivity index (χ4n) is 2.71. The quantitative estimate of drug-likeness (QED) is 0.692. The van der Waals surface area contributed by atoms with Gasteiger partial charge < -0.3 is 10.0 Å². The van der Waals surface area contributed by atoms with Gasteiger partial charge in [0.25, 0.3) is 0 Å². The van der Waals surface area contributed by atoms with E-state index in [0.29, 0.717) is 12.0 Å². The number of aliphatic hydroxyl groups excluding tert-OH is 1. The molecule has 15 heavy (non-hydrogen) atoms. The van der Waals surface area contributed by atoms with Crippen LogP contribution in [-0.2, 0) is 0 Å². The van der Waals surface area contributed by atoms with Crippen LogP contribution in [0.3, 0.4) is 0 Å². The molecule has 1 aromatic carbocycles. The second-order valence-corrected chi connectivity index (χ2v) is 4.70. The van der Waals surface area contributed by atoms with Gasteiger partial charge in [-0.2, -0.15) is 0 Å². The fourth-order valence-corrected chi connectivity index (χ4v) is 2.71. The molecule has 0 radical (unpaired) electrons. The molecule has 2 N–H and O–H groups in total. The molecule has 1 aromatic rings. The summed E-state index contributed by atoms with van der Waals surface area (Å²) in [5.41, 5.74) is 1.35. The first-order valence-corrected chi connectivity index (χ1v) is 5.75. The number of nitrogens with one attached hydrogen (secondary N) is 1. The number of aliphatic hydroxyl groups is 1. The minimum Gasteiger partial charge on any atom is -0.392 e. The summed E-state index contributed by atoms with van der Waals surface area (Å²) in [7, 11) is 2.22. The summed E-state index contributed by atoms with van der Waals surface area (Å²) < 4.78 is 0. The van der Waals surface area contributed by atoms with Crippen molar-refractivity contribution >= 4 is 0 Å². The van der Waals surface area contributed by atoms with E-state index in [1.807, 2.05) is 6.07 Å². The van der Waals surface area contributed by atoms with Gasteiger partial charge in [-0.15, -0.1) is 0 Å². The van der Waals surface area contributed by atoms with Crippen molar-refractivity contribution in [3.63, 3.8) is 0 Å². The van der Waals surface area contributed by atoms with E-state index in [2.05, 4.69) is 38.2 Å². The number of piperidine rings is 1. The fraction of sp³-hybridized carbons (Fsp3) is 0.538. The molecule has 0 aliphatic carbocycles. The van der Waals surface area contributed by atoms with E-state index in [-0.39, 0.29) is 6.10 Å². The molecule has 0 spiro atoms. The first-order valence-electron chi connectivity index (χ1n) is 5.75. The van der Waals surface area contributed by atoms with Crippen LogP contribution in [0.5, 0.6) is 0 Å². The number of benzene rings is 1. The summed E-state index contributed by atoms with van der Waals surface area (Å²) in [5.74, 6) is 0.348. The van der Waals surface area contributed by atoms with Crippen LogP contribution < -0.4 is 4.90 Å². The lowest BCUT2D eigenvalue weighted by atomic mass is 9.84. The lowest BCUT2D eigenvalue weighted by Gasteiger charge is -2.37. The monoisotopic (exact) mass is 206 g/mol. The third-order valence-corrected chi connectivity index (χ3v) is 3.66. The third kappa shape index (κ3) is 2.06. The van der Waals surface area contributed by atoms with Gasteiger partial charge in [0.1, 0.15) is 6.04 Å². The summed E-state index contributed by atoms with van der Waals surface area (Å²) in [6, 6.07) is 11.0. The normalized spacial score (nSPS) is 36.5. The maximum Gasteiger partial charge on any atom is 0.118 e. The standard InChI is InChI=1S/C13H19NO/c1-10-12(15)8-9-14(2)13(10)11-6-4-3-5-7-11/h3-7,10,12-13,15H,8-9H2,1-2H3/p+1/t10-,12-,13-/m0/s1. The van der Waals surface area contributed by atoms with Gasteiger partial charge in [0.15, 0.2) is 0 Å². The van der Waals surface area contributed by atoms with Crippen molar-refractivity contribution in [3.05, 3.63) is 35.9 Å². The predicted molar refractivity (Wildman–Crippen MR) is 60.7 cm³/mol. The molecular weight excluding hydrogens is 186 g/mol. The van der Waals surface area contributed by atoms with E-state index in [0.717, 1.165) is 13.0 Å². The Balaban J connectivity index is 2.25. The molecule has 2 heteroatoms. The second kappa shape index (κ2) is 4.33. The van der Waals surface area contributed by atoms with Crippen LogP contribution in [0.2, 0.25) is 0 Å². The van der Waals surface area contributed by atoms with Gasteiger partial charge in [0.05, 0.1) is 19.7 Å². The molecule has 1 aliphatic rings. The number of hydrogen-bond acceptors (Lipinski definition) is 1. The zero-order chi connectivity index (χ0) is 10.8. The maximum atomic E-state index is 9.91. The summed E-state index contributed by atoms with van der Waals surface area (Å²) in [6.07, 6.45) is 0.787. The molecule has 2 nitrogen and oxygen atoms in total. The molecule has 1 unspecified atom stereocenters. The number of rotatable bonds is 1. The molecule has 1 fully saturated rings. The zero-order valence-corrected chi connectivity index (χ0v) is 9.48. The largest absolute Gasteiger partial charge is 0.392 e. The van der Waals surface area contributed by atoms with Crippen molar-refractivity contribution in [2.45, 2.75) is 25.5 Å². The van der Waals surface area contributed by atoms with Gasteiger partial charge in [-0.1, -0.05) is 37.3 Å². The summed E-state index contributed by atoms with van der Waals surface area (Å²) in [5, 5.41) is 9.91. The Morgan fingerprint density at radius 3 is 2.60 bits per heavy atom. The molecule has 1 heterocycles. The molecule has 1 saturated heterocycles. The van der Waals surface area contributed by atoms with Gasteiger partial charge >= 0.3 is 0 Å². The number of quaternary nitrogens is 1. The molecule has 0 bridgehead atoms. The minimum absolute atomic E-state index is 0.140. The Morgan fingerprint density at radius 1 is 1.27 bits per heavy atom. The average molecular weight is 206 g/mol. The Morgan fingerprint density at radius 2 is 1.93 bits per heavy atom. The van der Waals surface area contributed by atoms with Gasteiger partial charge in [0, 0.05) is 17.9 Å². The highest BCUT2D eigenvalue weighted by Gasteiger charge is 2.36. The molecule has 0 amide bonds. The molecule has 1 aliphatic heterocycles. The molecule has 0 aromatic heterocycles. The first kappa shape index (κ1) is 10.7. The SMILES string of the molecule is C[C@@H]1[C@@H](c2ccccc2)[NH+](C)CC[C@@H]1O. The highest BCUT2D eigenvalue weighted by Crippen LogP contribution is 2.25. The third-order valence-electron chi connectivity index (χ3n) is 3.66. The lowest BCUT2D eigenvalue weighted by molar-refractivity contribution is -0.923. The van der Waals surface area contributed by atoms with E-state index >= 15 is 0 Å². The van der Waals surface area contributed by atoms with Crippen LogP contribution >= 0.6 is 0 Å². The van der Waals surface area contributed by atoms with Crippen LogP contribution in [-0.4, -0.2) is 24.8 Å². The molecular formula is C13H20NO+. The van der Waals surface area contributed by atoms with Crippen molar-refractivity contribution in [1.29, 1.82) is 0 Å². The molecule has 4 atom stereocenters. The molecule has 2 rings (SSSR count). The highest BCUT2D eigenvalue weighted by atomic mass is 16.3. The van der Waals surface area contributed by atoms with E-state index < -0.39 is 0 Å². The van der Waals surface area contributed by atoms with Gasteiger partial charge in [-0.3, -0.25) is 0 Å². The zero-order valence-electron chi connectivity index (χ0n) is 9.48. The Labute approximate surface area is 91.5 Å². The van der Waals surface area contributed by atoms with Crippen molar-refractivity contribution in [1.82, 2.24) is 0 Å². The van der Waals surface area contributed by atoms with Crippen molar-refractivity contribution in [2.24, 2.45) is 5.92 Å². The number of hydrogen-bond donors (Lipinski definition) is 2. The lowest BCUT2D eigenvalue weighted by Crippen LogP contribution is -3.11. The smallest absolute Gasteiger partial charge is 0.118 e. The average Bonchev–Trinajstić information content (AvgIpc) is 2.26. The van der Waals surface area contributed by atoms with Gasteiger partial charge in [0.2, 0.25) is 0 Å². The van der Waals surface area contributed by atoms with Gasteiger partial charge in [-0.25, -0.2) is 0 Å². The topological polar surface area (TPSA) is 24.7 Å². The number of likely N-dealkylation sites (tertiary alicyclic amines) is 1. The van der Waals surface area contributed by atoms with Crippen molar-refractivity contribution in [3.8, 4) is 0 Å². The van der Waals surface area contributed by atoms with Crippen LogP contribution in [0.1, 0.15) is 24.9 Å². The maximum absolute atomic E-state index is 9.91. The van der Waals surface area contributed by atoms with Crippen molar-refractivity contribution in [2.75, 3.05) is 13.6 Å². The predicted octanol–water partition coefficient (Wildman–Crippen LogP) is 0.643.